The summed E-state index contributed by atoms with van der Waals surface area (Å²) in [7, 11) is -3.30. The van der Waals surface area contributed by atoms with E-state index < -0.39 is 10.0 Å². The number of aromatic nitrogens is 1. The molecule has 7 heteroatoms. The van der Waals surface area contributed by atoms with Gasteiger partial charge in [0, 0.05) is 6.61 Å². The molecule has 2 aromatic rings. The lowest BCUT2D eigenvalue weighted by molar-refractivity contribution is 0.163. The topological polar surface area (TPSA) is 68.3 Å². The van der Waals surface area contributed by atoms with Gasteiger partial charge in [0.2, 0.25) is 10.0 Å². The molecule has 5 nitrogen and oxygen atoms in total. The minimum absolute atomic E-state index is 0.0221. The van der Waals surface area contributed by atoms with E-state index in [1.807, 2.05) is 31.2 Å². The highest BCUT2D eigenvalue weighted by molar-refractivity contribution is 7.89. The first kappa shape index (κ1) is 14.4. The van der Waals surface area contributed by atoms with Crippen molar-refractivity contribution in [1.82, 2.24) is 9.71 Å². The molecule has 0 unspecified atom stereocenters. The lowest BCUT2D eigenvalue weighted by atomic mass is 10.3. The van der Waals surface area contributed by atoms with E-state index in [1.165, 1.54) is 11.3 Å². The van der Waals surface area contributed by atoms with Crippen LogP contribution in [0.1, 0.15) is 11.9 Å². The fourth-order valence-electron chi connectivity index (χ4n) is 1.55. The van der Waals surface area contributed by atoms with Crippen LogP contribution >= 0.6 is 11.3 Å². The molecule has 0 saturated heterocycles. The van der Waals surface area contributed by atoms with Gasteiger partial charge >= 0.3 is 0 Å². The van der Waals surface area contributed by atoms with Gasteiger partial charge in [-0.1, -0.05) is 12.1 Å². The molecule has 0 atom stereocenters. The normalized spacial score (nSPS) is 12.1. The van der Waals surface area contributed by atoms with Gasteiger partial charge in [-0.05, 0) is 19.1 Å². The summed E-state index contributed by atoms with van der Waals surface area (Å²) < 4.78 is 32.0. The smallest absolute Gasteiger partial charge is 0.214 e. The van der Waals surface area contributed by atoms with E-state index in [2.05, 4.69) is 9.71 Å². The number of sulfonamides is 1. The predicted octanol–water partition coefficient (Wildman–Crippen LogP) is 1.75. The third kappa shape index (κ3) is 4.24. The molecule has 2 rings (SSSR count). The van der Waals surface area contributed by atoms with Gasteiger partial charge in [0.05, 0.1) is 29.1 Å². The molecule has 0 fully saturated rings. The second-order valence-electron chi connectivity index (χ2n) is 3.91. The van der Waals surface area contributed by atoms with Gasteiger partial charge < -0.3 is 4.74 Å². The van der Waals surface area contributed by atoms with E-state index in [0.717, 1.165) is 15.2 Å². The van der Waals surface area contributed by atoms with Gasteiger partial charge in [0.1, 0.15) is 5.01 Å². The number of thiazole rings is 1. The van der Waals surface area contributed by atoms with E-state index in [1.54, 1.807) is 0 Å². The molecular formula is C12H16N2O3S2. The molecule has 0 spiro atoms. The van der Waals surface area contributed by atoms with Crippen molar-refractivity contribution in [2.24, 2.45) is 0 Å². The summed E-state index contributed by atoms with van der Waals surface area (Å²) in [4.78, 5) is 4.37. The van der Waals surface area contributed by atoms with Gasteiger partial charge in [-0.25, -0.2) is 18.1 Å². The van der Waals surface area contributed by atoms with Gasteiger partial charge in [-0.15, -0.1) is 11.3 Å². The number of nitrogens with zero attached hydrogens (tertiary/aromatic N) is 1. The molecule has 0 aliphatic rings. The molecule has 0 bridgehead atoms. The first-order chi connectivity index (χ1) is 9.11. The van der Waals surface area contributed by atoms with Crippen LogP contribution in [0.5, 0.6) is 0 Å². The summed E-state index contributed by atoms with van der Waals surface area (Å²) in [5.41, 5.74) is 0.899. The van der Waals surface area contributed by atoms with Crippen LogP contribution in [0.2, 0.25) is 0 Å². The summed E-state index contributed by atoms with van der Waals surface area (Å²) in [5.74, 6) is -0.0221. The number of rotatable bonds is 7. The quantitative estimate of drug-likeness (QED) is 0.791. The Hall–Kier alpha value is -1.02. The molecule has 19 heavy (non-hydrogen) atoms. The Labute approximate surface area is 116 Å². The number of ether oxygens (including phenoxy) is 1. The zero-order chi connectivity index (χ0) is 13.7. The maximum Gasteiger partial charge on any atom is 0.214 e. The van der Waals surface area contributed by atoms with Crippen molar-refractivity contribution < 1.29 is 13.2 Å². The summed E-state index contributed by atoms with van der Waals surface area (Å²) >= 11 is 1.50. The lowest BCUT2D eigenvalue weighted by Gasteiger charge is -2.04. The van der Waals surface area contributed by atoms with E-state index in [4.69, 9.17) is 4.74 Å². The first-order valence-corrected chi connectivity index (χ1v) is 8.47. The Morgan fingerprint density at radius 1 is 1.37 bits per heavy atom. The molecule has 1 N–H and O–H groups in total. The van der Waals surface area contributed by atoms with Crippen molar-refractivity contribution in [1.29, 1.82) is 0 Å². The number of hydrogen-bond acceptors (Lipinski definition) is 5. The van der Waals surface area contributed by atoms with E-state index in [0.29, 0.717) is 6.61 Å². The summed E-state index contributed by atoms with van der Waals surface area (Å²) in [6, 6.07) is 7.74. The summed E-state index contributed by atoms with van der Waals surface area (Å²) in [6.45, 7) is 2.80. The molecule has 1 aromatic carbocycles. The van der Waals surface area contributed by atoms with Crippen molar-refractivity contribution in [3.8, 4) is 0 Å². The van der Waals surface area contributed by atoms with Crippen LogP contribution in [0.3, 0.4) is 0 Å². The van der Waals surface area contributed by atoms with E-state index in [9.17, 15) is 8.42 Å². The third-order valence-corrected chi connectivity index (χ3v) is 4.81. The Bertz CT molecular complexity index is 604. The average Bonchev–Trinajstić information content (AvgIpc) is 2.79. The lowest BCUT2D eigenvalue weighted by Crippen LogP contribution is -2.28. The number of nitrogens with one attached hydrogen (secondary N) is 1. The number of fused-ring (bicyclic) bond motifs is 1. The number of benzene rings is 1. The minimum atomic E-state index is -3.30. The third-order valence-electron chi connectivity index (χ3n) is 2.48. The molecule has 0 radical (unpaired) electrons. The van der Waals surface area contributed by atoms with Crippen molar-refractivity contribution in [2.75, 3.05) is 19.0 Å². The zero-order valence-corrected chi connectivity index (χ0v) is 12.3. The van der Waals surface area contributed by atoms with E-state index in [-0.39, 0.29) is 18.9 Å². The van der Waals surface area contributed by atoms with Gasteiger partial charge in [-0.2, -0.15) is 0 Å². The van der Waals surface area contributed by atoms with Crippen molar-refractivity contribution in [3.05, 3.63) is 29.3 Å². The largest absolute Gasteiger partial charge is 0.381 e. The fourth-order valence-corrected chi connectivity index (χ4v) is 3.39. The number of para-hydroxylation sites is 1. The molecular weight excluding hydrogens is 284 g/mol. The van der Waals surface area contributed by atoms with Crippen LogP contribution in [-0.2, 0) is 21.3 Å². The molecule has 0 saturated carbocycles. The van der Waals surface area contributed by atoms with Gasteiger partial charge in [-0.3, -0.25) is 0 Å². The Kier molecular flexibility index (Phi) is 4.87. The highest BCUT2D eigenvalue weighted by Gasteiger charge is 2.11. The Morgan fingerprint density at radius 3 is 2.89 bits per heavy atom. The van der Waals surface area contributed by atoms with Gasteiger partial charge in [0.15, 0.2) is 0 Å². The standard InChI is InChI=1S/C12H16N2O3S2/c1-2-17-7-8-19(15,16)13-9-12-14-10-5-3-4-6-11(10)18-12/h3-6,13H,2,7-9H2,1H3. The van der Waals surface area contributed by atoms with Crippen LogP contribution in [0.25, 0.3) is 10.2 Å². The first-order valence-electron chi connectivity index (χ1n) is 6.00. The molecule has 1 heterocycles. The minimum Gasteiger partial charge on any atom is -0.381 e. The van der Waals surface area contributed by atoms with Crippen LogP contribution < -0.4 is 4.72 Å². The summed E-state index contributed by atoms with van der Waals surface area (Å²) in [5, 5.41) is 0.765. The molecule has 0 aliphatic heterocycles. The second-order valence-corrected chi connectivity index (χ2v) is 6.95. The zero-order valence-electron chi connectivity index (χ0n) is 10.6. The summed E-state index contributed by atoms with van der Waals surface area (Å²) in [6.07, 6.45) is 0. The van der Waals surface area contributed by atoms with Crippen LogP contribution in [0, 0.1) is 0 Å². The predicted molar refractivity (Wildman–Crippen MR) is 76.7 cm³/mol. The maximum absolute atomic E-state index is 11.7. The molecule has 104 valence electrons. The van der Waals surface area contributed by atoms with Crippen LogP contribution in [0.4, 0.5) is 0 Å². The van der Waals surface area contributed by atoms with Crippen molar-refractivity contribution >= 4 is 31.6 Å². The second kappa shape index (κ2) is 6.42. The monoisotopic (exact) mass is 300 g/mol. The van der Waals surface area contributed by atoms with Crippen LogP contribution in [-0.4, -0.2) is 32.4 Å². The van der Waals surface area contributed by atoms with Crippen LogP contribution in [0.15, 0.2) is 24.3 Å². The molecule has 0 aliphatic carbocycles. The molecule has 1 aromatic heterocycles. The Morgan fingerprint density at radius 2 is 2.16 bits per heavy atom. The van der Waals surface area contributed by atoms with Gasteiger partial charge in [0.25, 0.3) is 0 Å². The highest BCUT2D eigenvalue weighted by Crippen LogP contribution is 2.21. The Balaban J connectivity index is 1.94. The van der Waals surface area contributed by atoms with Crippen molar-refractivity contribution in [2.45, 2.75) is 13.5 Å². The SMILES string of the molecule is CCOCCS(=O)(=O)NCc1nc2ccccc2s1. The van der Waals surface area contributed by atoms with Crippen molar-refractivity contribution in [3.63, 3.8) is 0 Å². The van der Waals surface area contributed by atoms with E-state index >= 15 is 0 Å². The highest BCUT2D eigenvalue weighted by atomic mass is 32.2. The maximum atomic E-state index is 11.7. The average molecular weight is 300 g/mol. The fraction of sp³-hybridized carbons (Fsp3) is 0.417. The molecule has 0 amide bonds. The number of hydrogen-bond donors (Lipinski definition) is 1.